The Morgan fingerprint density at radius 3 is 2.33 bits per heavy atom. The van der Waals surface area contributed by atoms with Crippen molar-refractivity contribution in [3.63, 3.8) is 0 Å². The van der Waals surface area contributed by atoms with Crippen LogP contribution in [-0.4, -0.2) is 35.9 Å². The zero-order valence-electron chi connectivity index (χ0n) is 20.4. The van der Waals surface area contributed by atoms with Crippen LogP contribution in [0.4, 0.5) is 10.5 Å². The Kier molecular flexibility index (Phi) is 10.2. The first-order valence-corrected chi connectivity index (χ1v) is 12.2. The van der Waals surface area contributed by atoms with Gasteiger partial charge in [-0.25, -0.2) is 4.79 Å². The maximum absolute atomic E-state index is 12.8. The highest BCUT2D eigenvalue weighted by atomic mass is 35.5. The van der Waals surface area contributed by atoms with Crippen molar-refractivity contribution in [3.8, 4) is 5.75 Å². The van der Waals surface area contributed by atoms with E-state index in [1.54, 1.807) is 30.3 Å². The van der Waals surface area contributed by atoms with Gasteiger partial charge >= 0.3 is 6.09 Å². The number of amides is 2. The monoisotopic (exact) mass is 510 g/mol. The Morgan fingerprint density at radius 1 is 0.972 bits per heavy atom. The van der Waals surface area contributed by atoms with E-state index in [0.29, 0.717) is 34.9 Å². The molecule has 190 valence electrons. The predicted molar refractivity (Wildman–Crippen MR) is 141 cm³/mol. The molecule has 3 rings (SSSR count). The van der Waals surface area contributed by atoms with E-state index in [2.05, 4.69) is 10.6 Å². The zero-order valence-corrected chi connectivity index (χ0v) is 21.1. The number of halogens is 1. The van der Waals surface area contributed by atoms with E-state index in [-0.39, 0.29) is 31.3 Å². The molecule has 7 nitrogen and oxygen atoms in total. The van der Waals surface area contributed by atoms with Gasteiger partial charge < -0.3 is 19.9 Å². The van der Waals surface area contributed by atoms with Gasteiger partial charge in [0.2, 0.25) is 0 Å². The van der Waals surface area contributed by atoms with Crippen LogP contribution in [0.5, 0.6) is 5.75 Å². The summed E-state index contributed by atoms with van der Waals surface area (Å²) < 4.78 is 10.9. The van der Waals surface area contributed by atoms with Crippen LogP contribution in [-0.2, 0) is 17.8 Å². The summed E-state index contributed by atoms with van der Waals surface area (Å²) in [4.78, 5) is 24.9. The number of carbonyl (C=O) groups is 2. The van der Waals surface area contributed by atoms with Crippen molar-refractivity contribution in [2.24, 2.45) is 0 Å². The third kappa shape index (κ3) is 8.59. The van der Waals surface area contributed by atoms with Crippen molar-refractivity contribution in [1.82, 2.24) is 5.32 Å². The minimum Gasteiger partial charge on any atom is -0.489 e. The average molecular weight is 511 g/mol. The molecular weight excluding hydrogens is 480 g/mol. The number of benzene rings is 3. The molecule has 8 heteroatoms. The number of anilines is 1. The van der Waals surface area contributed by atoms with Gasteiger partial charge in [0.1, 0.15) is 12.4 Å². The second-order valence-corrected chi connectivity index (χ2v) is 8.99. The summed E-state index contributed by atoms with van der Waals surface area (Å²) >= 11 is 6.26. The summed E-state index contributed by atoms with van der Waals surface area (Å²) in [5.41, 5.74) is 2.85. The molecule has 0 saturated carbocycles. The lowest BCUT2D eigenvalue weighted by molar-refractivity contribution is 0.0930. The normalized spacial score (nSPS) is 11.6. The first-order valence-electron chi connectivity index (χ1n) is 11.8. The molecule has 0 saturated heterocycles. The van der Waals surface area contributed by atoms with Crippen molar-refractivity contribution >= 4 is 29.3 Å². The first kappa shape index (κ1) is 27.0. The van der Waals surface area contributed by atoms with E-state index >= 15 is 0 Å². The van der Waals surface area contributed by atoms with Gasteiger partial charge in [-0.3, -0.25) is 10.1 Å². The maximum atomic E-state index is 12.8. The van der Waals surface area contributed by atoms with Crippen LogP contribution >= 0.6 is 11.6 Å². The maximum Gasteiger partial charge on any atom is 0.411 e. The summed E-state index contributed by atoms with van der Waals surface area (Å²) in [6.07, 6.45) is 0.325. The molecule has 0 aromatic heterocycles. The van der Waals surface area contributed by atoms with E-state index < -0.39 is 6.09 Å². The van der Waals surface area contributed by atoms with E-state index in [0.717, 1.165) is 11.1 Å². The van der Waals surface area contributed by atoms with Crippen LogP contribution in [0.25, 0.3) is 0 Å². The highest BCUT2D eigenvalue weighted by Gasteiger charge is 2.16. The van der Waals surface area contributed by atoms with Gasteiger partial charge in [0.25, 0.3) is 5.91 Å². The number of aliphatic hydroxyl groups is 1. The van der Waals surface area contributed by atoms with E-state index in [9.17, 15) is 14.7 Å². The Morgan fingerprint density at radius 2 is 1.69 bits per heavy atom. The molecule has 0 aliphatic rings. The molecule has 2 amide bonds. The lowest BCUT2D eigenvalue weighted by Gasteiger charge is -2.19. The Hall–Kier alpha value is -3.55. The Balaban J connectivity index is 1.54. The third-order valence-electron chi connectivity index (χ3n) is 5.26. The Labute approximate surface area is 216 Å². The van der Waals surface area contributed by atoms with Crippen molar-refractivity contribution in [2.75, 3.05) is 11.9 Å². The fourth-order valence-corrected chi connectivity index (χ4v) is 3.75. The fraction of sp³-hybridized carbons (Fsp3) is 0.286. The van der Waals surface area contributed by atoms with Crippen LogP contribution in [0.15, 0.2) is 72.8 Å². The highest BCUT2D eigenvalue weighted by Crippen LogP contribution is 2.26. The molecule has 0 spiro atoms. The van der Waals surface area contributed by atoms with Crippen molar-refractivity contribution in [1.29, 1.82) is 0 Å². The molecule has 1 atom stereocenters. The van der Waals surface area contributed by atoms with E-state index in [4.69, 9.17) is 21.1 Å². The zero-order chi connectivity index (χ0) is 25.9. The molecule has 3 aromatic carbocycles. The topological polar surface area (TPSA) is 96.9 Å². The number of hydrogen-bond donors (Lipinski definition) is 3. The second kappa shape index (κ2) is 13.5. The van der Waals surface area contributed by atoms with Gasteiger partial charge in [0, 0.05) is 23.9 Å². The minimum absolute atomic E-state index is 0.0300. The Bertz CT molecular complexity index is 1140. The number of carbonyl (C=O) groups excluding carboxylic acids is 2. The van der Waals surface area contributed by atoms with Gasteiger partial charge in [-0.2, -0.15) is 0 Å². The molecule has 0 radical (unpaired) electrons. The average Bonchev–Trinajstić information content (AvgIpc) is 2.85. The molecule has 0 bridgehead atoms. The molecule has 0 fully saturated rings. The minimum atomic E-state index is -0.541. The smallest absolute Gasteiger partial charge is 0.411 e. The standard InChI is InChI=1S/C28H31ClN2O5/c1-19(2)36-26-13-10-22(17-25(26)29)27(33)30-24(14-15-32)16-20-8-11-23(12-9-20)31-28(34)35-18-21-6-4-3-5-7-21/h3-13,17,19,24,32H,14-16,18H2,1-2H3,(H,30,33)(H,31,34)/t24-/m1/s1. The van der Waals surface area contributed by atoms with Crippen LogP contribution in [0.1, 0.15) is 41.8 Å². The van der Waals surface area contributed by atoms with E-state index in [1.807, 2.05) is 56.3 Å². The van der Waals surface area contributed by atoms with Gasteiger partial charge in [-0.05, 0) is 68.1 Å². The number of hydrogen-bond acceptors (Lipinski definition) is 5. The van der Waals surface area contributed by atoms with Gasteiger partial charge in [0.05, 0.1) is 11.1 Å². The number of nitrogens with one attached hydrogen (secondary N) is 2. The SMILES string of the molecule is CC(C)Oc1ccc(C(=O)N[C@H](CCO)Cc2ccc(NC(=O)OCc3ccccc3)cc2)cc1Cl. The number of aliphatic hydroxyl groups excluding tert-OH is 1. The fourth-order valence-electron chi connectivity index (χ4n) is 3.53. The van der Waals surface area contributed by atoms with Crippen molar-refractivity contribution in [3.05, 3.63) is 94.5 Å². The first-order chi connectivity index (χ1) is 17.3. The lowest BCUT2D eigenvalue weighted by Crippen LogP contribution is -2.37. The summed E-state index contributed by atoms with van der Waals surface area (Å²) in [6, 6.07) is 21.3. The number of ether oxygens (including phenoxy) is 2. The third-order valence-corrected chi connectivity index (χ3v) is 5.56. The molecule has 0 aliphatic carbocycles. The summed E-state index contributed by atoms with van der Waals surface area (Å²) in [7, 11) is 0. The second-order valence-electron chi connectivity index (χ2n) is 8.58. The van der Waals surface area contributed by atoms with Gasteiger partial charge in [-0.15, -0.1) is 0 Å². The van der Waals surface area contributed by atoms with E-state index in [1.165, 1.54) is 0 Å². The molecule has 3 aromatic rings. The molecule has 0 unspecified atom stereocenters. The van der Waals surface area contributed by atoms with Crippen molar-refractivity contribution < 1.29 is 24.2 Å². The largest absolute Gasteiger partial charge is 0.489 e. The summed E-state index contributed by atoms with van der Waals surface area (Å²) in [6.45, 7) is 3.92. The molecule has 0 heterocycles. The quantitative estimate of drug-likeness (QED) is 0.312. The molecule has 36 heavy (non-hydrogen) atoms. The lowest BCUT2D eigenvalue weighted by atomic mass is 10.0. The summed E-state index contributed by atoms with van der Waals surface area (Å²) in [5, 5.41) is 15.5. The van der Waals surface area contributed by atoms with Crippen LogP contribution < -0.4 is 15.4 Å². The van der Waals surface area contributed by atoms with Crippen LogP contribution in [0.3, 0.4) is 0 Å². The van der Waals surface area contributed by atoms with Crippen LogP contribution in [0.2, 0.25) is 5.02 Å². The van der Waals surface area contributed by atoms with Gasteiger partial charge in [0.15, 0.2) is 0 Å². The van der Waals surface area contributed by atoms with Crippen molar-refractivity contribution in [2.45, 2.75) is 45.4 Å². The predicted octanol–water partition coefficient (Wildman–Crippen LogP) is 5.60. The summed E-state index contributed by atoms with van der Waals surface area (Å²) in [5.74, 6) is 0.235. The van der Waals surface area contributed by atoms with Crippen LogP contribution in [0, 0.1) is 0 Å². The molecular formula is C28H31ClN2O5. The molecule has 0 aliphatic heterocycles. The number of rotatable bonds is 11. The molecule has 3 N–H and O–H groups in total. The highest BCUT2D eigenvalue weighted by molar-refractivity contribution is 6.32. The van der Waals surface area contributed by atoms with Gasteiger partial charge in [-0.1, -0.05) is 54.1 Å².